The molecule has 142 valence electrons. The number of aromatic nitrogens is 1. The van der Waals surface area contributed by atoms with Crippen molar-refractivity contribution in [1.82, 2.24) is 4.98 Å². The van der Waals surface area contributed by atoms with Crippen molar-refractivity contribution in [3.63, 3.8) is 0 Å². The number of nitrogen functional groups attached to an aromatic ring is 1. The van der Waals surface area contributed by atoms with E-state index in [2.05, 4.69) is 11.1 Å². The number of anilines is 1. The van der Waals surface area contributed by atoms with Gasteiger partial charge in [-0.1, -0.05) is 30.3 Å². The second kappa shape index (κ2) is 8.64. The van der Waals surface area contributed by atoms with Gasteiger partial charge in [-0.05, 0) is 36.5 Å². The number of rotatable bonds is 7. The van der Waals surface area contributed by atoms with Crippen molar-refractivity contribution in [2.24, 2.45) is 11.7 Å². The number of hydrogen-bond donors (Lipinski definition) is 2. The third-order valence-electron chi connectivity index (χ3n) is 4.62. The maximum absolute atomic E-state index is 11.1. The minimum atomic E-state index is -0.534. The molecule has 0 saturated heterocycles. The van der Waals surface area contributed by atoms with E-state index < -0.39 is 5.91 Å². The lowest BCUT2D eigenvalue weighted by atomic mass is 9.86. The Kier molecular flexibility index (Phi) is 6.03. The first kappa shape index (κ1) is 19.5. The number of ether oxygens (including phenoxy) is 1. The largest absolute Gasteiger partial charge is 0.493 e. The quantitative estimate of drug-likeness (QED) is 0.689. The molecule has 2 aromatic rings. The van der Waals surface area contributed by atoms with E-state index in [1.165, 1.54) is 19.3 Å². The van der Waals surface area contributed by atoms with Crippen LogP contribution in [0.1, 0.15) is 30.4 Å². The molecule has 0 aliphatic heterocycles. The van der Waals surface area contributed by atoms with E-state index in [1.54, 1.807) is 12.1 Å². The van der Waals surface area contributed by atoms with Gasteiger partial charge in [0, 0.05) is 5.56 Å². The number of hydrogen-bond acceptors (Lipinski definition) is 7. The number of pyridine rings is 1. The number of carbonyl (C=O) groups excluding carboxylic acids is 1. The molecule has 8 heteroatoms. The summed E-state index contributed by atoms with van der Waals surface area (Å²) in [5.41, 5.74) is 12.5. The van der Waals surface area contributed by atoms with Gasteiger partial charge in [0.05, 0.1) is 17.9 Å². The summed E-state index contributed by atoms with van der Waals surface area (Å²) in [6.07, 6.45) is 3.68. The van der Waals surface area contributed by atoms with Crippen LogP contribution in [-0.4, -0.2) is 23.3 Å². The van der Waals surface area contributed by atoms with Gasteiger partial charge in [0.1, 0.15) is 34.3 Å². The van der Waals surface area contributed by atoms with Crippen molar-refractivity contribution in [2.75, 3.05) is 18.1 Å². The van der Waals surface area contributed by atoms with Gasteiger partial charge in [-0.2, -0.15) is 10.5 Å². The van der Waals surface area contributed by atoms with Crippen LogP contribution in [0.5, 0.6) is 5.75 Å². The monoisotopic (exact) mass is 393 g/mol. The van der Waals surface area contributed by atoms with Crippen molar-refractivity contribution in [1.29, 1.82) is 10.5 Å². The number of benzene rings is 1. The molecule has 1 aliphatic rings. The molecule has 0 unspecified atom stereocenters. The van der Waals surface area contributed by atoms with E-state index in [1.807, 2.05) is 18.2 Å². The van der Waals surface area contributed by atoms with Gasteiger partial charge in [-0.3, -0.25) is 4.79 Å². The molecule has 1 aliphatic carbocycles. The summed E-state index contributed by atoms with van der Waals surface area (Å²) in [6.45, 7) is 0.697. The van der Waals surface area contributed by atoms with Crippen LogP contribution in [0.2, 0.25) is 0 Å². The molecule has 3 rings (SSSR count). The molecule has 1 aromatic heterocycles. The van der Waals surface area contributed by atoms with E-state index in [-0.39, 0.29) is 27.7 Å². The number of nitrogens with zero attached hydrogens (tertiary/aromatic N) is 3. The molecule has 0 spiro atoms. The van der Waals surface area contributed by atoms with Crippen LogP contribution >= 0.6 is 11.8 Å². The Morgan fingerprint density at radius 1 is 1.21 bits per heavy atom. The summed E-state index contributed by atoms with van der Waals surface area (Å²) < 4.78 is 5.80. The highest BCUT2D eigenvalue weighted by Crippen LogP contribution is 2.36. The number of primary amides is 1. The minimum Gasteiger partial charge on any atom is -0.493 e. The molecule has 28 heavy (non-hydrogen) atoms. The van der Waals surface area contributed by atoms with Gasteiger partial charge in [0.15, 0.2) is 0 Å². The predicted octanol–water partition coefficient (Wildman–Crippen LogP) is 2.83. The van der Waals surface area contributed by atoms with Crippen molar-refractivity contribution < 1.29 is 9.53 Å². The first-order valence-corrected chi connectivity index (χ1v) is 9.80. The smallest absolute Gasteiger partial charge is 0.227 e. The summed E-state index contributed by atoms with van der Waals surface area (Å²) in [5.74, 6) is 0.792. The van der Waals surface area contributed by atoms with Crippen molar-refractivity contribution in [3.05, 3.63) is 35.4 Å². The third kappa shape index (κ3) is 4.19. The molecule has 7 nitrogen and oxygen atoms in total. The van der Waals surface area contributed by atoms with Crippen LogP contribution in [0.3, 0.4) is 0 Å². The van der Waals surface area contributed by atoms with E-state index in [0.29, 0.717) is 23.7 Å². The van der Waals surface area contributed by atoms with Gasteiger partial charge in [-0.25, -0.2) is 4.98 Å². The lowest BCUT2D eigenvalue weighted by Crippen LogP contribution is -2.19. The van der Waals surface area contributed by atoms with Crippen LogP contribution in [0, 0.1) is 28.6 Å². The topological polar surface area (TPSA) is 139 Å². The summed E-state index contributed by atoms with van der Waals surface area (Å²) in [7, 11) is 0. The standard InChI is InChI=1S/C20H19N5O2S/c21-8-15-18(16(9-22)20(25-19(15)24)28-11-17(23)26)13-4-6-14(7-5-13)27-10-12-2-1-3-12/h4-7,12H,1-3,10-11H2,(H2,23,26)(H2,24,25). The van der Waals surface area contributed by atoms with Gasteiger partial charge in [0.25, 0.3) is 0 Å². The van der Waals surface area contributed by atoms with E-state index in [0.717, 1.165) is 17.5 Å². The number of thioether (sulfide) groups is 1. The Morgan fingerprint density at radius 2 is 1.89 bits per heavy atom. The van der Waals surface area contributed by atoms with Crippen LogP contribution in [0.15, 0.2) is 29.3 Å². The highest BCUT2D eigenvalue weighted by atomic mass is 32.2. The second-order valence-corrected chi connectivity index (χ2v) is 7.50. The molecule has 0 atom stereocenters. The lowest BCUT2D eigenvalue weighted by molar-refractivity contribution is -0.115. The van der Waals surface area contributed by atoms with Crippen LogP contribution < -0.4 is 16.2 Å². The number of carbonyl (C=O) groups is 1. The Hall–Kier alpha value is -3.23. The van der Waals surface area contributed by atoms with Crippen molar-refractivity contribution >= 4 is 23.5 Å². The molecule has 1 fully saturated rings. The first-order valence-electron chi connectivity index (χ1n) is 8.81. The molecular formula is C20H19N5O2S. The fraction of sp³-hybridized carbons (Fsp3) is 0.300. The highest BCUT2D eigenvalue weighted by Gasteiger charge is 2.21. The second-order valence-electron chi connectivity index (χ2n) is 6.54. The van der Waals surface area contributed by atoms with Crippen molar-refractivity contribution in [3.8, 4) is 29.0 Å². The maximum atomic E-state index is 11.1. The zero-order chi connectivity index (χ0) is 20.1. The Balaban J connectivity index is 1.95. The normalized spacial score (nSPS) is 13.2. The molecule has 1 aromatic carbocycles. The summed E-state index contributed by atoms with van der Waals surface area (Å²) in [5, 5.41) is 19.5. The lowest BCUT2D eigenvalue weighted by Gasteiger charge is -2.25. The highest BCUT2D eigenvalue weighted by molar-refractivity contribution is 8.00. The van der Waals surface area contributed by atoms with E-state index >= 15 is 0 Å². The average Bonchev–Trinajstić information content (AvgIpc) is 2.65. The fourth-order valence-corrected chi connectivity index (χ4v) is 3.66. The molecule has 4 N–H and O–H groups in total. The number of amides is 1. The SMILES string of the molecule is N#Cc1c(N)nc(SCC(N)=O)c(C#N)c1-c1ccc(OCC2CCC2)cc1. The van der Waals surface area contributed by atoms with Gasteiger partial charge in [-0.15, -0.1) is 0 Å². The summed E-state index contributed by atoms with van der Waals surface area (Å²) in [4.78, 5) is 15.2. The molecule has 1 amide bonds. The zero-order valence-electron chi connectivity index (χ0n) is 15.1. The van der Waals surface area contributed by atoms with Crippen LogP contribution in [0.25, 0.3) is 11.1 Å². The van der Waals surface area contributed by atoms with E-state index in [4.69, 9.17) is 16.2 Å². The van der Waals surface area contributed by atoms with Gasteiger partial charge in [0.2, 0.25) is 5.91 Å². The summed E-state index contributed by atoms with van der Waals surface area (Å²) in [6, 6.07) is 11.3. The molecule has 1 heterocycles. The minimum absolute atomic E-state index is 0.00813. The Labute approximate surface area is 167 Å². The molecule has 0 radical (unpaired) electrons. The molecule has 0 bridgehead atoms. The fourth-order valence-electron chi connectivity index (χ4n) is 2.92. The van der Waals surface area contributed by atoms with Gasteiger partial charge >= 0.3 is 0 Å². The maximum Gasteiger partial charge on any atom is 0.227 e. The third-order valence-corrected chi connectivity index (χ3v) is 5.62. The van der Waals surface area contributed by atoms with E-state index in [9.17, 15) is 15.3 Å². The Bertz CT molecular complexity index is 972. The van der Waals surface area contributed by atoms with Crippen LogP contribution in [-0.2, 0) is 4.79 Å². The van der Waals surface area contributed by atoms with Crippen molar-refractivity contribution in [2.45, 2.75) is 24.3 Å². The number of nitriles is 2. The van der Waals surface area contributed by atoms with Gasteiger partial charge < -0.3 is 16.2 Å². The Morgan fingerprint density at radius 3 is 2.43 bits per heavy atom. The summed E-state index contributed by atoms with van der Waals surface area (Å²) >= 11 is 1.02. The average molecular weight is 393 g/mol. The number of nitrogens with two attached hydrogens (primary N) is 2. The zero-order valence-corrected chi connectivity index (χ0v) is 16.0. The molecule has 1 saturated carbocycles. The van der Waals surface area contributed by atoms with Crippen LogP contribution in [0.4, 0.5) is 5.82 Å². The molecular weight excluding hydrogens is 374 g/mol. The predicted molar refractivity (Wildman–Crippen MR) is 106 cm³/mol. The first-order chi connectivity index (χ1) is 13.5.